The van der Waals surface area contributed by atoms with Crippen molar-refractivity contribution in [2.75, 3.05) is 0 Å². The van der Waals surface area contributed by atoms with E-state index >= 15 is 0 Å². The van der Waals surface area contributed by atoms with Gasteiger partial charge in [0.2, 0.25) is 0 Å². The van der Waals surface area contributed by atoms with E-state index in [9.17, 15) is 0 Å². The largest absolute Gasteiger partial charge is 1.00 e. The molecule has 0 N–H and O–H groups in total. The fourth-order valence-electron chi connectivity index (χ4n) is 3.33. The molecule has 1 aliphatic carbocycles. The number of halogens is 3. The van der Waals surface area contributed by atoms with E-state index in [-0.39, 0.29) is 42.3 Å². The van der Waals surface area contributed by atoms with Crippen molar-refractivity contribution in [1.82, 2.24) is 0 Å². The second-order valence-electron chi connectivity index (χ2n) is 6.37. The first-order valence-corrected chi connectivity index (χ1v) is 10.7. The zero-order valence-corrected chi connectivity index (χ0v) is 18.8. The predicted octanol–water partition coefficient (Wildman–Crippen LogP) is -4.45. The van der Waals surface area contributed by atoms with Gasteiger partial charge < -0.3 is 37.2 Å². The molecule has 0 aromatic heterocycles. The minimum absolute atomic E-state index is 0. The molecule has 0 spiro atoms. The molecule has 1 atom stereocenters. The third kappa shape index (κ3) is 3.46. The average molecular weight is 410 g/mol. The van der Waals surface area contributed by atoms with Gasteiger partial charge in [0.25, 0.3) is 0 Å². The molecule has 0 bridgehead atoms. The van der Waals surface area contributed by atoms with Crippen LogP contribution in [0.3, 0.4) is 0 Å². The van der Waals surface area contributed by atoms with Crippen molar-refractivity contribution in [3.05, 3.63) is 50.9 Å². The van der Waals surface area contributed by atoms with Gasteiger partial charge in [-0.25, -0.2) is 0 Å². The Morgan fingerprint density at radius 3 is 1.68 bits per heavy atom. The molecule has 0 amide bonds. The smallest absolute Gasteiger partial charge is 1.00 e. The van der Waals surface area contributed by atoms with E-state index in [1.807, 2.05) is 0 Å². The molecule has 0 nitrogen and oxygen atoms in total. The van der Waals surface area contributed by atoms with E-state index in [0.717, 1.165) is 0 Å². The van der Waals surface area contributed by atoms with Crippen molar-refractivity contribution in [1.29, 1.82) is 0 Å². The molecule has 0 aliphatic heterocycles. The first kappa shape index (κ1) is 24.7. The molecule has 1 aliphatic rings. The Morgan fingerprint density at radius 2 is 1.32 bits per heavy atom. The summed E-state index contributed by atoms with van der Waals surface area (Å²) in [6.07, 6.45) is 0. The van der Waals surface area contributed by atoms with Gasteiger partial charge in [-0.3, -0.25) is 0 Å². The molecule has 5 heteroatoms. The van der Waals surface area contributed by atoms with Crippen LogP contribution in [-0.4, -0.2) is 8.07 Å². The fraction of sp³-hybridized carbons (Fsp3) is 0.412. The normalized spacial score (nSPS) is 21.1. The second-order valence-corrected chi connectivity index (χ2v) is 12.0. The molecule has 0 radical (unpaired) electrons. The summed E-state index contributed by atoms with van der Waals surface area (Å²) in [5.74, 6) is 0. The van der Waals surface area contributed by atoms with Crippen LogP contribution in [0, 0.1) is 0 Å². The molecule has 0 fully saturated rings. The van der Waals surface area contributed by atoms with Crippen molar-refractivity contribution in [2.45, 2.75) is 45.8 Å². The summed E-state index contributed by atoms with van der Waals surface area (Å²) < 4.78 is 1.59. The first-order chi connectivity index (χ1) is 8.74. The minimum atomic E-state index is -1.60. The summed E-state index contributed by atoms with van der Waals surface area (Å²) in [5.41, 5.74) is 4.61. The van der Waals surface area contributed by atoms with Gasteiger partial charge in [0.15, 0.2) is 0 Å². The Bertz CT molecular complexity index is 553. The van der Waals surface area contributed by atoms with Gasteiger partial charge in [0.1, 0.15) is 0 Å². The molecule has 1 aromatic rings. The first-order valence-electron chi connectivity index (χ1n) is 6.91. The molecular formula is C17H23Cl3SiTi. The van der Waals surface area contributed by atoms with Gasteiger partial charge in [-0.15, -0.1) is 0 Å². The van der Waals surface area contributed by atoms with Crippen molar-refractivity contribution in [3.63, 3.8) is 0 Å². The zero-order chi connectivity index (χ0) is 14.4. The van der Waals surface area contributed by atoms with Crippen molar-refractivity contribution < 1.29 is 57.7 Å². The van der Waals surface area contributed by atoms with E-state index < -0.39 is 8.07 Å². The Labute approximate surface area is 166 Å². The summed E-state index contributed by atoms with van der Waals surface area (Å²) in [7, 11) is -1.60. The van der Waals surface area contributed by atoms with E-state index in [2.05, 4.69) is 91.6 Å². The molecular weight excluding hydrogens is 386 g/mol. The predicted molar refractivity (Wildman–Crippen MR) is 83.0 cm³/mol. The van der Waals surface area contributed by atoms with Gasteiger partial charge >= 0.3 is 130 Å². The number of rotatable bonds is 2. The van der Waals surface area contributed by atoms with Gasteiger partial charge in [-0.05, 0) is 0 Å². The van der Waals surface area contributed by atoms with E-state index in [0.29, 0.717) is 0 Å². The van der Waals surface area contributed by atoms with Crippen LogP contribution in [0.5, 0.6) is 0 Å². The van der Waals surface area contributed by atoms with Crippen LogP contribution in [0.15, 0.2) is 50.9 Å². The quantitative estimate of drug-likeness (QED) is 0.433. The maximum atomic E-state index is 2.52. The number of allylic oxidation sites excluding steroid dienone is 4. The van der Waals surface area contributed by atoms with Crippen LogP contribution in [0.1, 0.15) is 27.7 Å². The van der Waals surface area contributed by atoms with Gasteiger partial charge in [-0.1, -0.05) is 0 Å². The second kappa shape index (κ2) is 8.56. The SMILES string of the molecule is CC1=C(C)C(C)([Si](C)(C)c2ccccc2)[C]([Ti+3])=C1C.[Cl-].[Cl-].[Cl-]. The molecule has 2 rings (SSSR count). The van der Waals surface area contributed by atoms with Crippen LogP contribution in [0.2, 0.25) is 18.1 Å². The zero-order valence-electron chi connectivity index (χ0n) is 14.0. The Hall–Kier alpha value is 0.501. The molecule has 0 saturated heterocycles. The topological polar surface area (TPSA) is 0 Å². The average Bonchev–Trinajstić information content (AvgIpc) is 2.56. The van der Waals surface area contributed by atoms with Crippen LogP contribution in [-0.2, 0) is 20.4 Å². The van der Waals surface area contributed by atoms with Crippen molar-refractivity contribution >= 4 is 13.3 Å². The summed E-state index contributed by atoms with van der Waals surface area (Å²) in [4.78, 5) is 0. The Morgan fingerprint density at radius 1 is 0.864 bits per heavy atom. The Balaban J connectivity index is 0. The third-order valence-corrected chi connectivity index (χ3v) is 12.2. The van der Waals surface area contributed by atoms with E-state index in [1.54, 1.807) is 14.6 Å². The van der Waals surface area contributed by atoms with Crippen LogP contribution in [0.25, 0.3) is 0 Å². The van der Waals surface area contributed by atoms with E-state index in [1.165, 1.54) is 11.1 Å². The summed E-state index contributed by atoms with van der Waals surface area (Å²) >= 11 is 2.34. The monoisotopic (exact) mass is 408 g/mol. The van der Waals surface area contributed by atoms with Crippen LogP contribution < -0.4 is 42.4 Å². The minimum Gasteiger partial charge on any atom is -1.00 e. The molecule has 120 valence electrons. The van der Waals surface area contributed by atoms with Gasteiger partial charge in [0.05, 0.1) is 0 Å². The maximum Gasteiger partial charge on any atom is -1.00 e. The maximum absolute atomic E-state index is 2.52. The molecule has 0 saturated carbocycles. The third-order valence-electron chi connectivity index (χ3n) is 5.50. The number of benzene rings is 1. The number of hydrogen-bond acceptors (Lipinski definition) is 0. The number of hydrogen-bond donors (Lipinski definition) is 0. The molecule has 1 aromatic carbocycles. The van der Waals surface area contributed by atoms with Crippen LogP contribution in [0.4, 0.5) is 0 Å². The van der Waals surface area contributed by atoms with Crippen LogP contribution >= 0.6 is 0 Å². The fourth-order valence-corrected chi connectivity index (χ4v) is 8.92. The summed E-state index contributed by atoms with van der Waals surface area (Å²) in [5, 5.41) is 1.81. The van der Waals surface area contributed by atoms with E-state index in [4.69, 9.17) is 0 Å². The molecule has 0 heterocycles. The summed E-state index contributed by atoms with van der Waals surface area (Å²) in [6.45, 7) is 14.4. The molecule has 1 unspecified atom stereocenters. The Kier molecular flexibility index (Phi) is 9.62. The standard InChI is InChI=1S/C17H23Si.3ClH.Ti/c1-13-12-17(4,15(3)14(13)2)18(5,6)16-10-8-7-9-11-16;;;;/h7-11H,1-6H3;3*1H;/q;;;;+3/p-3. The van der Waals surface area contributed by atoms with Crippen molar-refractivity contribution in [3.8, 4) is 0 Å². The van der Waals surface area contributed by atoms with Crippen molar-refractivity contribution in [2.24, 2.45) is 0 Å². The van der Waals surface area contributed by atoms with Gasteiger partial charge in [-0.2, -0.15) is 0 Å². The summed E-state index contributed by atoms with van der Waals surface area (Å²) in [6, 6.07) is 11.1. The van der Waals surface area contributed by atoms with Gasteiger partial charge in [0, 0.05) is 0 Å². The molecule has 22 heavy (non-hydrogen) atoms.